The molecule has 0 heterocycles. The van der Waals surface area contributed by atoms with Crippen molar-refractivity contribution >= 4 is 27.4 Å². The first-order valence-corrected chi connectivity index (χ1v) is 7.66. The summed E-state index contributed by atoms with van der Waals surface area (Å²) >= 11 is 0. The van der Waals surface area contributed by atoms with E-state index in [4.69, 9.17) is 0 Å². The molecule has 0 spiro atoms. The summed E-state index contributed by atoms with van der Waals surface area (Å²) in [5, 5.41) is 4.92. The summed E-state index contributed by atoms with van der Waals surface area (Å²) in [5.74, 6) is 0. The minimum Gasteiger partial charge on any atom is -0.341 e. The van der Waals surface area contributed by atoms with Crippen molar-refractivity contribution in [1.82, 2.24) is 5.32 Å². The largest absolute Gasteiger partial charge is 0.341 e. The maximum absolute atomic E-state index is 12.3. The van der Waals surface area contributed by atoms with Crippen molar-refractivity contribution in [2.45, 2.75) is 4.90 Å². The van der Waals surface area contributed by atoms with Gasteiger partial charge in [-0.1, -0.05) is 24.3 Å². The zero-order valence-electron chi connectivity index (χ0n) is 11.3. The normalized spacial score (nSPS) is 10.7. The molecule has 0 aliphatic rings. The Balaban J connectivity index is 2.24. The van der Waals surface area contributed by atoms with Gasteiger partial charge in [0.2, 0.25) is 0 Å². The Kier molecular flexibility index (Phi) is 4.44. The fraction of sp³-hybridized carbons (Fsp3) is 0.0714. The van der Waals surface area contributed by atoms with Crippen molar-refractivity contribution < 1.29 is 13.2 Å². The minimum atomic E-state index is -3.70. The van der Waals surface area contributed by atoms with Crippen LogP contribution < -0.4 is 15.4 Å². The van der Waals surface area contributed by atoms with E-state index in [-0.39, 0.29) is 4.90 Å². The van der Waals surface area contributed by atoms with Crippen LogP contribution in [0.2, 0.25) is 0 Å². The second-order valence-electron chi connectivity index (χ2n) is 4.20. The number of para-hydroxylation sites is 1. The molecule has 0 radical (unpaired) electrons. The van der Waals surface area contributed by atoms with Crippen LogP contribution in [0.1, 0.15) is 0 Å². The second-order valence-corrected chi connectivity index (χ2v) is 5.89. The van der Waals surface area contributed by atoms with E-state index in [0.29, 0.717) is 11.4 Å². The van der Waals surface area contributed by atoms with Gasteiger partial charge in [0.15, 0.2) is 0 Å². The summed E-state index contributed by atoms with van der Waals surface area (Å²) in [6.45, 7) is 0. The molecule has 3 N–H and O–H groups in total. The number of sulfonamides is 1. The molecule has 0 unspecified atom stereocenters. The summed E-state index contributed by atoms with van der Waals surface area (Å²) < 4.78 is 27.0. The molecule has 6 nitrogen and oxygen atoms in total. The van der Waals surface area contributed by atoms with Crippen molar-refractivity contribution in [2.24, 2.45) is 0 Å². The van der Waals surface area contributed by atoms with E-state index >= 15 is 0 Å². The van der Waals surface area contributed by atoms with Gasteiger partial charge in [-0.25, -0.2) is 13.2 Å². The smallest absolute Gasteiger partial charge is 0.318 e. The lowest BCUT2D eigenvalue weighted by Crippen LogP contribution is -2.24. The van der Waals surface area contributed by atoms with Crippen LogP contribution in [0, 0.1) is 0 Å². The summed E-state index contributed by atoms with van der Waals surface area (Å²) in [6, 6.07) is 14.2. The van der Waals surface area contributed by atoms with E-state index in [9.17, 15) is 13.2 Å². The standard InChI is InChI=1S/C14H15N3O3S/c1-15-14(18)16-12-8-5-9-13(10-12)21(19,20)17-11-6-3-2-4-7-11/h2-10,17H,1H3,(H2,15,16,18). The number of rotatable bonds is 4. The number of carbonyl (C=O) groups is 1. The second kappa shape index (κ2) is 6.27. The average molecular weight is 305 g/mol. The number of nitrogens with one attached hydrogen (secondary N) is 3. The predicted octanol–water partition coefficient (Wildman–Crippen LogP) is 2.24. The number of urea groups is 1. The third-order valence-electron chi connectivity index (χ3n) is 2.66. The first-order chi connectivity index (χ1) is 10.0. The molecule has 2 rings (SSSR count). The summed E-state index contributed by atoms with van der Waals surface area (Å²) in [5.41, 5.74) is 0.868. The van der Waals surface area contributed by atoms with Crippen LogP contribution >= 0.6 is 0 Å². The lowest BCUT2D eigenvalue weighted by molar-refractivity contribution is 0.254. The Bertz CT molecular complexity index is 730. The molecule has 0 atom stereocenters. The SMILES string of the molecule is CNC(=O)Nc1cccc(S(=O)(=O)Nc2ccccc2)c1. The quantitative estimate of drug-likeness (QED) is 0.809. The fourth-order valence-electron chi connectivity index (χ4n) is 1.65. The molecule has 0 bridgehead atoms. The van der Waals surface area contributed by atoms with Crippen LogP contribution in [0.25, 0.3) is 0 Å². The van der Waals surface area contributed by atoms with Gasteiger partial charge >= 0.3 is 6.03 Å². The van der Waals surface area contributed by atoms with Crippen molar-refractivity contribution in [2.75, 3.05) is 17.1 Å². The average Bonchev–Trinajstić information content (AvgIpc) is 2.48. The molecule has 0 saturated heterocycles. The van der Waals surface area contributed by atoms with Gasteiger partial charge < -0.3 is 10.6 Å². The summed E-state index contributed by atoms with van der Waals surface area (Å²) in [4.78, 5) is 11.3. The van der Waals surface area contributed by atoms with Crippen molar-refractivity contribution in [3.63, 3.8) is 0 Å². The highest BCUT2D eigenvalue weighted by Gasteiger charge is 2.14. The van der Waals surface area contributed by atoms with Crippen LogP contribution in [0.3, 0.4) is 0 Å². The number of hydrogen-bond acceptors (Lipinski definition) is 3. The van der Waals surface area contributed by atoms with Crippen LogP contribution in [-0.2, 0) is 10.0 Å². The predicted molar refractivity (Wildman–Crippen MR) is 81.8 cm³/mol. The third-order valence-corrected chi connectivity index (χ3v) is 4.03. The lowest BCUT2D eigenvalue weighted by Gasteiger charge is -2.10. The van der Waals surface area contributed by atoms with Crippen molar-refractivity contribution in [3.05, 3.63) is 54.6 Å². The minimum absolute atomic E-state index is 0.0697. The Morgan fingerprint density at radius 3 is 2.29 bits per heavy atom. The zero-order chi connectivity index (χ0) is 15.3. The molecule has 0 fully saturated rings. The molecule has 2 amide bonds. The molecule has 7 heteroatoms. The van der Waals surface area contributed by atoms with Gasteiger partial charge in [0.05, 0.1) is 4.90 Å². The molecule has 0 aliphatic heterocycles. The van der Waals surface area contributed by atoms with Gasteiger partial charge in [0.1, 0.15) is 0 Å². The molecule has 0 aliphatic carbocycles. The number of amides is 2. The molecule has 110 valence electrons. The molecule has 0 aromatic heterocycles. The van der Waals surface area contributed by atoms with E-state index in [1.54, 1.807) is 42.5 Å². The van der Waals surface area contributed by atoms with Gasteiger partial charge in [-0.05, 0) is 30.3 Å². The number of hydrogen-bond donors (Lipinski definition) is 3. The van der Waals surface area contributed by atoms with Crippen molar-refractivity contribution in [1.29, 1.82) is 0 Å². The van der Waals surface area contributed by atoms with E-state index in [2.05, 4.69) is 15.4 Å². The molecule has 0 saturated carbocycles. The molecule has 2 aromatic carbocycles. The van der Waals surface area contributed by atoms with Gasteiger partial charge in [-0.15, -0.1) is 0 Å². The van der Waals surface area contributed by atoms with E-state index < -0.39 is 16.1 Å². The number of carbonyl (C=O) groups excluding carboxylic acids is 1. The topological polar surface area (TPSA) is 87.3 Å². The highest BCUT2D eigenvalue weighted by Crippen LogP contribution is 2.19. The Morgan fingerprint density at radius 2 is 1.62 bits per heavy atom. The van der Waals surface area contributed by atoms with E-state index in [1.165, 1.54) is 19.2 Å². The summed E-state index contributed by atoms with van der Waals surface area (Å²) in [6.07, 6.45) is 0. The van der Waals surface area contributed by atoms with Gasteiger partial charge in [-0.3, -0.25) is 4.72 Å². The molecular weight excluding hydrogens is 290 g/mol. The molecular formula is C14H15N3O3S. The highest BCUT2D eigenvalue weighted by molar-refractivity contribution is 7.92. The summed E-state index contributed by atoms with van der Waals surface area (Å²) in [7, 11) is -2.22. The molecule has 21 heavy (non-hydrogen) atoms. The van der Waals surface area contributed by atoms with Crippen LogP contribution in [-0.4, -0.2) is 21.5 Å². The maximum Gasteiger partial charge on any atom is 0.318 e. The van der Waals surface area contributed by atoms with Crippen molar-refractivity contribution in [3.8, 4) is 0 Å². The Labute approximate surface area is 123 Å². The van der Waals surface area contributed by atoms with Crippen LogP contribution in [0.15, 0.2) is 59.5 Å². The van der Waals surface area contributed by atoms with Crippen LogP contribution in [0.4, 0.5) is 16.2 Å². The number of anilines is 2. The van der Waals surface area contributed by atoms with Crippen LogP contribution in [0.5, 0.6) is 0 Å². The monoisotopic (exact) mass is 305 g/mol. The Morgan fingerprint density at radius 1 is 0.952 bits per heavy atom. The third kappa shape index (κ3) is 3.96. The number of benzene rings is 2. The van der Waals surface area contributed by atoms with Gasteiger partial charge in [0.25, 0.3) is 10.0 Å². The zero-order valence-corrected chi connectivity index (χ0v) is 12.1. The highest BCUT2D eigenvalue weighted by atomic mass is 32.2. The first-order valence-electron chi connectivity index (χ1n) is 6.18. The maximum atomic E-state index is 12.3. The Hall–Kier alpha value is -2.54. The molecule has 2 aromatic rings. The van der Waals surface area contributed by atoms with Gasteiger partial charge in [0, 0.05) is 18.4 Å². The van der Waals surface area contributed by atoms with Gasteiger partial charge in [-0.2, -0.15) is 0 Å². The van der Waals surface area contributed by atoms with E-state index in [1.807, 2.05) is 0 Å². The van der Waals surface area contributed by atoms with E-state index in [0.717, 1.165) is 0 Å². The fourth-order valence-corrected chi connectivity index (χ4v) is 2.76. The first kappa shape index (κ1) is 14.9. The lowest BCUT2D eigenvalue weighted by atomic mass is 10.3.